The van der Waals surface area contributed by atoms with Crippen molar-refractivity contribution in [1.29, 1.82) is 5.41 Å². The zero-order valence-corrected chi connectivity index (χ0v) is 7.74. The summed E-state index contributed by atoms with van der Waals surface area (Å²) in [6.45, 7) is 0. The largest absolute Gasteiger partial charge is 0.363 e. The summed E-state index contributed by atoms with van der Waals surface area (Å²) in [4.78, 5) is 12.2. The lowest BCUT2D eigenvalue weighted by molar-refractivity contribution is 0.112. The monoisotopic (exact) mass is 176 g/mol. The molecule has 0 aliphatic heterocycles. The predicted octanol–water partition coefficient (Wildman–Crippen LogP) is 1.39. The van der Waals surface area contributed by atoms with E-state index in [1.54, 1.807) is 37.2 Å². The lowest BCUT2D eigenvalue weighted by Crippen LogP contribution is -2.21. The molecule has 1 aromatic carbocycles. The molecule has 0 spiro atoms. The van der Waals surface area contributed by atoms with Crippen molar-refractivity contribution in [3.63, 3.8) is 0 Å². The van der Waals surface area contributed by atoms with Crippen LogP contribution in [0.25, 0.3) is 0 Å². The minimum atomic E-state index is 0.406. The van der Waals surface area contributed by atoms with Crippen molar-refractivity contribution >= 4 is 12.1 Å². The van der Waals surface area contributed by atoms with Crippen LogP contribution in [-0.2, 0) is 0 Å². The molecule has 68 valence electrons. The average molecular weight is 176 g/mol. The molecule has 0 saturated heterocycles. The van der Waals surface area contributed by atoms with E-state index in [0.29, 0.717) is 11.4 Å². The fraction of sp³-hybridized carbons (Fsp3) is 0.200. The third-order valence-corrected chi connectivity index (χ3v) is 1.74. The van der Waals surface area contributed by atoms with Crippen molar-refractivity contribution in [2.24, 2.45) is 0 Å². The standard InChI is InChI=1S/C10H12N2O/c1-12(2)10(11)9-5-3-4-8(6-9)7-13/h3-7,11H,1-2H3. The summed E-state index contributed by atoms with van der Waals surface area (Å²) in [5.41, 5.74) is 1.36. The summed E-state index contributed by atoms with van der Waals surface area (Å²) in [7, 11) is 3.60. The second-order valence-corrected chi connectivity index (χ2v) is 2.99. The van der Waals surface area contributed by atoms with Crippen LogP contribution in [0.2, 0.25) is 0 Å². The molecule has 1 aromatic rings. The highest BCUT2D eigenvalue weighted by molar-refractivity contribution is 5.97. The Morgan fingerprint density at radius 3 is 2.69 bits per heavy atom. The molecule has 0 radical (unpaired) electrons. The number of carbonyl (C=O) groups excluding carboxylic acids is 1. The summed E-state index contributed by atoms with van der Waals surface area (Å²) in [5.74, 6) is 0.406. The summed E-state index contributed by atoms with van der Waals surface area (Å²) >= 11 is 0. The molecule has 1 rings (SSSR count). The SMILES string of the molecule is CN(C)C(=N)c1cccc(C=O)c1. The van der Waals surface area contributed by atoms with Gasteiger partial charge in [-0.2, -0.15) is 0 Å². The van der Waals surface area contributed by atoms with E-state index in [-0.39, 0.29) is 0 Å². The lowest BCUT2D eigenvalue weighted by atomic mass is 10.1. The Labute approximate surface area is 77.5 Å². The third kappa shape index (κ3) is 2.15. The fourth-order valence-corrected chi connectivity index (χ4v) is 1.02. The molecule has 3 heteroatoms. The number of hydrogen-bond acceptors (Lipinski definition) is 2. The fourth-order valence-electron chi connectivity index (χ4n) is 1.02. The van der Waals surface area contributed by atoms with E-state index in [2.05, 4.69) is 0 Å². The lowest BCUT2D eigenvalue weighted by Gasteiger charge is -2.13. The quantitative estimate of drug-likeness (QED) is 0.420. The topological polar surface area (TPSA) is 44.2 Å². The van der Waals surface area contributed by atoms with Crippen molar-refractivity contribution in [1.82, 2.24) is 4.90 Å². The summed E-state index contributed by atoms with van der Waals surface area (Å²) in [5, 5.41) is 7.67. The first-order chi connectivity index (χ1) is 6.15. The number of aldehydes is 1. The molecule has 3 nitrogen and oxygen atoms in total. The first kappa shape index (κ1) is 9.45. The van der Waals surface area contributed by atoms with Gasteiger partial charge in [0, 0.05) is 25.2 Å². The third-order valence-electron chi connectivity index (χ3n) is 1.74. The molecule has 0 fully saturated rings. The molecule has 0 amide bonds. The second-order valence-electron chi connectivity index (χ2n) is 2.99. The maximum Gasteiger partial charge on any atom is 0.150 e. The first-order valence-corrected chi connectivity index (χ1v) is 3.96. The molecule has 13 heavy (non-hydrogen) atoms. The van der Waals surface area contributed by atoms with Crippen molar-refractivity contribution in [2.75, 3.05) is 14.1 Å². The average Bonchev–Trinajstić information content (AvgIpc) is 2.16. The van der Waals surface area contributed by atoms with E-state index in [0.717, 1.165) is 11.8 Å². The first-order valence-electron chi connectivity index (χ1n) is 3.96. The van der Waals surface area contributed by atoms with E-state index in [9.17, 15) is 4.79 Å². The summed E-state index contributed by atoms with van der Waals surface area (Å²) in [6, 6.07) is 7.02. The Hall–Kier alpha value is -1.64. The predicted molar refractivity (Wildman–Crippen MR) is 52.3 cm³/mol. The van der Waals surface area contributed by atoms with Crippen LogP contribution in [0.3, 0.4) is 0 Å². The highest BCUT2D eigenvalue weighted by Crippen LogP contribution is 2.04. The molecule has 1 N–H and O–H groups in total. The van der Waals surface area contributed by atoms with E-state index in [1.807, 2.05) is 6.07 Å². The van der Waals surface area contributed by atoms with Crippen molar-refractivity contribution in [2.45, 2.75) is 0 Å². The number of benzene rings is 1. The van der Waals surface area contributed by atoms with Crippen LogP contribution in [0.1, 0.15) is 15.9 Å². The van der Waals surface area contributed by atoms with Gasteiger partial charge in [-0.15, -0.1) is 0 Å². The van der Waals surface area contributed by atoms with Crippen LogP contribution in [0, 0.1) is 5.41 Å². The Bertz CT molecular complexity index is 331. The molecule has 0 aromatic heterocycles. The smallest absolute Gasteiger partial charge is 0.150 e. The molecule has 0 bridgehead atoms. The van der Waals surface area contributed by atoms with Crippen LogP contribution in [0.4, 0.5) is 0 Å². The maximum absolute atomic E-state index is 10.5. The zero-order valence-electron chi connectivity index (χ0n) is 7.74. The van der Waals surface area contributed by atoms with Gasteiger partial charge in [0.25, 0.3) is 0 Å². The van der Waals surface area contributed by atoms with Crippen LogP contribution < -0.4 is 0 Å². The van der Waals surface area contributed by atoms with Crippen molar-refractivity contribution in [3.05, 3.63) is 35.4 Å². The van der Waals surface area contributed by atoms with Gasteiger partial charge >= 0.3 is 0 Å². The van der Waals surface area contributed by atoms with Gasteiger partial charge in [-0.3, -0.25) is 10.2 Å². The van der Waals surface area contributed by atoms with Crippen LogP contribution in [-0.4, -0.2) is 31.1 Å². The number of carbonyl (C=O) groups is 1. The van der Waals surface area contributed by atoms with Crippen LogP contribution in [0.5, 0.6) is 0 Å². The number of rotatable bonds is 2. The highest BCUT2D eigenvalue weighted by Gasteiger charge is 2.02. The van der Waals surface area contributed by atoms with E-state index < -0.39 is 0 Å². The Morgan fingerprint density at radius 1 is 1.46 bits per heavy atom. The molecule has 0 atom stereocenters. The van der Waals surface area contributed by atoms with E-state index >= 15 is 0 Å². The summed E-state index contributed by atoms with van der Waals surface area (Å²) in [6.07, 6.45) is 0.784. The number of nitrogens with one attached hydrogen (secondary N) is 1. The van der Waals surface area contributed by atoms with Gasteiger partial charge in [0.2, 0.25) is 0 Å². The normalized spacial score (nSPS) is 9.38. The van der Waals surface area contributed by atoms with E-state index in [1.165, 1.54) is 0 Å². The highest BCUT2D eigenvalue weighted by atomic mass is 16.1. The molecular formula is C10H12N2O. The minimum absolute atomic E-state index is 0.406. The number of nitrogens with zero attached hydrogens (tertiary/aromatic N) is 1. The molecule has 0 heterocycles. The van der Waals surface area contributed by atoms with Gasteiger partial charge in [-0.05, 0) is 6.07 Å². The number of amidine groups is 1. The van der Waals surface area contributed by atoms with Gasteiger partial charge < -0.3 is 4.90 Å². The Morgan fingerprint density at radius 2 is 2.15 bits per heavy atom. The zero-order chi connectivity index (χ0) is 9.84. The van der Waals surface area contributed by atoms with Gasteiger partial charge in [0.1, 0.15) is 12.1 Å². The van der Waals surface area contributed by atoms with Crippen molar-refractivity contribution < 1.29 is 4.79 Å². The summed E-state index contributed by atoms with van der Waals surface area (Å²) < 4.78 is 0. The molecule has 0 aliphatic carbocycles. The Kier molecular flexibility index (Phi) is 2.80. The Balaban J connectivity index is 3.01. The van der Waals surface area contributed by atoms with Gasteiger partial charge in [0.15, 0.2) is 0 Å². The van der Waals surface area contributed by atoms with Gasteiger partial charge in [-0.25, -0.2) is 0 Å². The van der Waals surface area contributed by atoms with Crippen LogP contribution >= 0.6 is 0 Å². The molecular weight excluding hydrogens is 164 g/mol. The minimum Gasteiger partial charge on any atom is -0.363 e. The molecule has 0 unspecified atom stereocenters. The maximum atomic E-state index is 10.5. The van der Waals surface area contributed by atoms with Crippen molar-refractivity contribution in [3.8, 4) is 0 Å². The van der Waals surface area contributed by atoms with E-state index in [4.69, 9.17) is 5.41 Å². The van der Waals surface area contributed by atoms with Gasteiger partial charge in [0.05, 0.1) is 0 Å². The number of hydrogen-bond donors (Lipinski definition) is 1. The van der Waals surface area contributed by atoms with Crippen LogP contribution in [0.15, 0.2) is 24.3 Å². The molecule has 0 aliphatic rings. The second kappa shape index (κ2) is 3.85. The van der Waals surface area contributed by atoms with Gasteiger partial charge in [-0.1, -0.05) is 18.2 Å². The molecule has 0 saturated carbocycles.